The van der Waals surface area contributed by atoms with Gasteiger partial charge in [-0.05, 0) is 37.5 Å². The molecular weight excluding hydrogens is 195 g/mol. The predicted molar refractivity (Wildman–Crippen MR) is 57.3 cm³/mol. The van der Waals surface area contributed by atoms with Crippen LogP contribution < -0.4 is 0 Å². The minimum absolute atomic E-state index is 0.170. The van der Waals surface area contributed by atoms with Crippen molar-refractivity contribution < 1.29 is 14.3 Å². The Morgan fingerprint density at radius 1 is 1.33 bits per heavy atom. The van der Waals surface area contributed by atoms with Crippen molar-refractivity contribution in [1.82, 2.24) is 0 Å². The molecule has 0 aromatic heterocycles. The summed E-state index contributed by atoms with van der Waals surface area (Å²) >= 11 is 0. The Hall–Kier alpha value is -1.64. The van der Waals surface area contributed by atoms with Gasteiger partial charge in [-0.25, -0.2) is 4.79 Å². The summed E-state index contributed by atoms with van der Waals surface area (Å²) in [5, 5.41) is 8.54. The lowest BCUT2D eigenvalue weighted by Crippen LogP contribution is -1.99. The van der Waals surface area contributed by atoms with E-state index in [4.69, 9.17) is 5.11 Å². The van der Waals surface area contributed by atoms with Gasteiger partial charge in [0, 0.05) is 0 Å². The van der Waals surface area contributed by atoms with Crippen LogP contribution in [0.2, 0.25) is 0 Å². The zero-order valence-corrected chi connectivity index (χ0v) is 8.97. The molecule has 0 unspecified atom stereocenters. The summed E-state index contributed by atoms with van der Waals surface area (Å²) in [6, 6.07) is 5.54. The standard InChI is InChI=1S/C12H13FO2/c1-7-4-5-8(2)10(6-7)9(3)11(13)12(14)15/h4-6H,1-3H3,(H,14,15)/b11-9-. The van der Waals surface area contributed by atoms with Crippen molar-refractivity contribution in [3.05, 3.63) is 40.7 Å². The van der Waals surface area contributed by atoms with Gasteiger partial charge in [-0.2, -0.15) is 4.39 Å². The van der Waals surface area contributed by atoms with Crippen LogP contribution in [-0.4, -0.2) is 11.1 Å². The molecule has 0 amide bonds. The third-order valence-corrected chi connectivity index (χ3v) is 2.31. The van der Waals surface area contributed by atoms with Crippen molar-refractivity contribution in [1.29, 1.82) is 0 Å². The van der Waals surface area contributed by atoms with Crippen LogP contribution in [0.15, 0.2) is 24.0 Å². The third kappa shape index (κ3) is 2.43. The van der Waals surface area contributed by atoms with Gasteiger partial charge in [-0.15, -0.1) is 0 Å². The van der Waals surface area contributed by atoms with Crippen LogP contribution in [0.1, 0.15) is 23.6 Å². The van der Waals surface area contributed by atoms with E-state index in [-0.39, 0.29) is 5.57 Å². The van der Waals surface area contributed by atoms with Crippen LogP contribution in [-0.2, 0) is 4.79 Å². The van der Waals surface area contributed by atoms with E-state index in [1.807, 2.05) is 26.0 Å². The monoisotopic (exact) mass is 208 g/mol. The predicted octanol–water partition coefficient (Wildman–Crippen LogP) is 3.09. The molecule has 80 valence electrons. The lowest BCUT2D eigenvalue weighted by molar-refractivity contribution is -0.134. The first-order valence-electron chi connectivity index (χ1n) is 4.60. The lowest BCUT2D eigenvalue weighted by atomic mass is 9.99. The number of carboxylic acid groups (broad SMARTS) is 1. The fourth-order valence-corrected chi connectivity index (χ4v) is 1.42. The summed E-state index contributed by atoms with van der Waals surface area (Å²) in [5.74, 6) is -2.61. The molecule has 0 aliphatic carbocycles. The van der Waals surface area contributed by atoms with E-state index in [0.717, 1.165) is 11.1 Å². The fourth-order valence-electron chi connectivity index (χ4n) is 1.42. The summed E-state index contributed by atoms with van der Waals surface area (Å²) in [6.07, 6.45) is 0. The van der Waals surface area contributed by atoms with Crippen molar-refractivity contribution in [2.24, 2.45) is 0 Å². The molecule has 15 heavy (non-hydrogen) atoms. The van der Waals surface area contributed by atoms with Gasteiger partial charge in [0.25, 0.3) is 0 Å². The zero-order valence-electron chi connectivity index (χ0n) is 8.97. The number of hydrogen-bond acceptors (Lipinski definition) is 1. The second-order valence-corrected chi connectivity index (χ2v) is 3.56. The number of allylic oxidation sites excluding steroid dienone is 1. The molecule has 0 spiro atoms. The number of rotatable bonds is 2. The van der Waals surface area contributed by atoms with Crippen LogP contribution in [0.5, 0.6) is 0 Å². The topological polar surface area (TPSA) is 37.3 Å². The minimum atomic E-state index is -1.52. The van der Waals surface area contributed by atoms with Crippen LogP contribution in [0.25, 0.3) is 5.57 Å². The molecule has 0 saturated carbocycles. The Kier molecular flexibility index (Phi) is 3.24. The Bertz CT molecular complexity index is 433. The first kappa shape index (κ1) is 11.4. The number of aryl methyl sites for hydroxylation is 2. The maximum Gasteiger partial charge on any atom is 0.365 e. The SMILES string of the molecule is C/C(=C(/F)C(=O)O)c1cc(C)ccc1C. The van der Waals surface area contributed by atoms with E-state index >= 15 is 0 Å². The number of aliphatic carboxylic acids is 1. The number of benzene rings is 1. The Balaban J connectivity index is 3.33. The molecule has 1 rings (SSSR count). The molecule has 1 aromatic rings. The molecule has 0 fully saturated rings. The van der Waals surface area contributed by atoms with E-state index in [2.05, 4.69) is 0 Å². The zero-order chi connectivity index (χ0) is 11.6. The number of carboxylic acids is 1. The maximum absolute atomic E-state index is 13.2. The summed E-state index contributed by atoms with van der Waals surface area (Å²) in [4.78, 5) is 10.5. The molecule has 1 aromatic carbocycles. The van der Waals surface area contributed by atoms with Crippen molar-refractivity contribution in [2.75, 3.05) is 0 Å². The van der Waals surface area contributed by atoms with E-state index in [1.165, 1.54) is 6.92 Å². The summed E-state index contributed by atoms with van der Waals surface area (Å²) in [7, 11) is 0. The average Bonchev–Trinajstić information content (AvgIpc) is 2.19. The van der Waals surface area contributed by atoms with Gasteiger partial charge in [0.1, 0.15) is 0 Å². The largest absolute Gasteiger partial charge is 0.476 e. The van der Waals surface area contributed by atoms with Gasteiger partial charge >= 0.3 is 5.97 Å². The second-order valence-electron chi connectivity index (χ2n) is 3.56. The molecule has 1 N–H and O–H groups in total. The highest BCUT2D eigenvalue weighted by atomic mass is 19.1. The Morgan fingerprint density at radius 2 is 1.93 bits per heavy atom. The summed E-state index contributed by atoms with van der Waals surface area (Å²) in [6.45, 7) is 5.19. The van der Waals surface area contributed by atoms with Gasteiger partial charge in [0.2, 0.25) is 5.83 Å². The number of halogens is 1. The first-order chi connectivity index (χ1) is 6.93. The molecule has 0 bridgehead atoms. The number of hydrogen-bond donors (Lipinski definition) is 1. The molecular formula is C12H13FO2. The quantitative estimate of drug-likeness (QED) is 0.758. The number of carbonyl (C=O) groups is 1. The molecule has 0 atom stereocenters. The lowest BCUT2D eigenvalue weighted by Gasteiger charge is -2.07. The van der Waals surface area contributed by atoms with Crippen molar-refractivity contribution in [3.8, 4) is 0 Å². The van der Waals surface area contributed by atoms with Crippen LogP contribution in [0.4, 0.5) is 4.39 Å². The van der Waals surface area contributed by atoms with Gasteiger partial charge < -0.3 is 5.11 Å². The fraction of sp³-hybridized carbons (Fsp3) is 0.250. The van der Waals surface area contributed by atoms with Crippen molar-refractivity contribution in [3.63, 3.8) is 0 Å². The minimum Gasteiger partial charge on any atom is -0.476 e. The van der Waals surface area contributed by atoms with Gasteiger partial charge in [0.05, 0.1) is 0 Å². The van der Waals surface area contributed by atoms with Crippen molar-refractivity contribution in [2.45, 2.75) is 20.8 Å². The third-order valence-electron chi connectivity index (χ3n) is 2.31. The Morgan fingerprint density at radius 3 is 2.47 bits per heavy atom. The van der Waals surface area contributed by atoms with Gasteiger partial charge in [-0.1, -0.05) is 23.8 Å². The highest BCUT2D eigenvalue weighted by Crippen LogP contribution is 2.23. The normalized spacial score (nSPS) is 12.3. The van der Waals surface area contributed by atoms with E-state index < -0.39 is 11.8 Å². The molecule has 0 radical (unpaired) electrons. The molecule has 0 heterocycles. The molecule has 0 aliphatic heterocycles. The summed E-state index contributed by atoms with van der Waals surface area (Å²) < 4.78 is 13.2. The highest BCUT2D eigenvalue weighted by Gasteiger charge is 2.13. The van der Waals surface area contributed by atoms with Gasteiger partial charge in [-0.3, -0.25) is 0 Å². The highest BCUT2D eigenvalue weighted by molar-refractivity contribution is 5.93. The molecule has 2 nitrogen and oxygen atoms in total. The van der Waals surface area contributed by atoms with E-state index in [9.17, 15) is 9.18 Å². The van der Waals surface area contributed by atoms with Crippen LogP contribution in [0, 0.1) is 13.8 Å². The van der Waals surface area contributed by atoms with E-state index in [0.29, 0.717) is 5.56 Å². The smallest absolute Gasteiger partial charge is 0.365 e. The molecule has 3 heteroatoms. The second kappa shape index (κ2) is 4.26. The van der Waals surface area contributed by atoms with Crippen LogP contribution >= 0.6 is 0 Å². The summed E-state index contributed by atoms with van der Waals surface area (Å²) in [5.41, 5.74) is 2.67. The average molecular weight is 208 g/mol. The van der Waals surface area contributed by atoms with Gasteiger partial charge in [0.15, 0.2) is 0 Å². The maximum atomic E-state index is 13.2. The molecule has 0 aliphatic rings. The van der Waals surface area contributed by atoms with E-state index in [1.54, 1.807) is 6.07 Å². The Labute approximate surface area is 88.1 Å². The molecule has 0 saturated heterocycles. The first-order valence-corrected chi connectivity index (χ1v) is 4.60. The van der Waals surface area contributed by atoms with Crippen molar-refractivity contribution >= 4 is 11.5 Å². The van der Waals surface area contributed by atoms with Crippen LogP contribution in [0.3, 0.4) is 0 Å².